The predicted molar refractivity (Wildman–Crippen MR) is 164 cm³/mol. The summed E-state index contributed by atoms with van der Waals surface area (Å²) in [6.07, 6.45) is -1.05. The number of carbonyl (C=O) groups excluding carboxylic acids is 1. The monoisotopic (exact) mass is 615 g/mol. The molecule has 1 amide bonds. The van der Waals surface area contributed by atoms with Crippen LogP contribution in [0.5, 0.6) is 0 Å². The van der Waals surface area contributed by atoms with Gasteiger partial charge in [-0.3, -0.25) is 4.79 Å². The topological polar surface area (TPSA) is 133 Å². The number of nitrogens with zero attached hydrogens (tertiary/aromatic N) is 1. The molecule has 0 fully saturated rings. The van der Waals surface area contributed by atoms with Crippen molar-refractivity contribution in [3.8, 4) is 0 Å². The van der Waals surface area contributed by atoms with E-state index in [0.29, 0.717) is 0 Å². The molecule has 3 atom stereocenters. The van der Waals surface area contributed by atoms with Gasteiger partial charge in [-0.25, -0.2) is 21.6 Å². The van der Waals surface area contributed by atoms with Crippen molar-refractivity contribution >= 4 is 26.0 Å². The number of amides is 1. The number of aliphatic hydroxyl groups is 1. The van der Waals surface area contributed by atoms with E-state index in [9.17, 15) is 26.7 Å². The smallest absolute Gasteiger partial charge is 0.243 e. The fraction of sp³-hybridized carbons (Fsp3) is 0.387. The van der Waals surface area contributed by atoms with Gasteiger partial charge in [-0.05, 0) is 35.6 Å². The van der Waals surface area contributed by atoms with E-state index in [1.165, 1.54) is 23.4 Å². The standard InChI is InChI=1S/C31H41N3O6S2/c1-24(2)21-34(42(39,40)28-17-11-6-12-18-28)22-30(35)29(19-26-13-7-4-8-14-26)33-31(36)25(3)23-41(37,38)32-20-27-15-9-5-10-16-27/h4-18,24-25,29-30,32,35H,19-23H2,1-3H3,(H,33,36)/t25-,29-,30+/m0/s1. The van der Waals surface area contributed by atoms with E-state index in [1.807, 2.05) is 62.4 Å². The summed E-state index contributed by atoms with van der Waals surface area (Å²) in [5.41, 5.74) is 1.62. The van der Waals surface area contributed by atoms with Crippen molar-refractivity contribution in [2.75, 3.05) is 18.8 Å². The van der Waals surface area contributed by atoms with E-state index in [0.717, 1.165) is 11.1 Å². The molecule has 0 saturated heterocycles. The lowest BCUT2D eigenvalue weighted by Gasteiger charge is -2.31. The molecule has 0 heterocycles. The summed E-state index contributed by atoms with van der Waals surface area (Å²) in [5, 5.41) is 14.2. The lowest BCUT2D eigenvalue weighted by atomic mass is 10.00. The minimum atomic E-state index is -3.92. The first-order chi connectivity index (χ1) is 19.9. The molecule has 3 aromatic carbocycles. The Morgan fingerprint density at radius 2 is 1.31 bits per heavy atom. The van der Waals surface area contributed by atoms with Crippen LogP contribution in [0.15, 0.2) is 95.9 Å². The third-order valence-corrected chi connectivity index (χ3v) is 10.1. The quantitative estimate of drug-likeness (QED) is 0.227. The zero-order valence-electron chi connectivity index (χ0n) is 24.3. The van der Waals surface area contributed by atoms with Crippen LogP contribution in [0.3, 0.4) is 0 Å². The minimum absolute atomic E-state index is 0.0218. The fourth-order valence-corrected chi connectivity index (χ4v) is 7.44. The Bertz CT molecular complexity index is 1470. The molecule has 3 rings (SSSR count). The van der Waals surface area contributed by atoms with Crippen LogP contribution in [0.4, 0.5) is 0 Å². The Labute approximate surface area is 250 Å². The molecule has 0 radical (unpaired) electrons. The minimum Gasteiger partial charge on any atom is -0.390 e. The van der Waals surface area contributed by atoms with Gasteiger partial charge in [-0.1, -0.05) is 99.6 Å². The maximum Gasteiger partial charge on any atom is 0.243 e. The van der Waals surface area contributed by atoms with Gasteiger partial charge >= 0.3 is 0 Å². The molecule has 0 bridgehead atoms. The van der Waals surface area contributed by atoms with Crippen molar-refractivity contribution in [2.45, 2.75) is 50.8 Å². The summed E-state index contributed by atoms with van der Waals surface area (Å²) in [7, 11) is -7.70. The van der Waals surface area contributed by atoms with E-state index in [1.54, 1.807) is 30.3 Å². The van der Waals surface area contributed by atoms with Crippen molar-refractivity contribution < 1.29 is 26.7 Å². The van der Waals surface area contributed by atoms with Crippen molar-refractivity contribution in [1.82, 2.24) is 14.3 Å². The molecule has 0 saturated carbocycles. The average Bonchev–Trinajstić information content (AvgIpc) is 2.96. The number of hydrogen-bond donors (Lipinski definition) is 3. The third kappa shape index (κ3) is 10.3. The molecule has 228 valence electrons. The highest BCUT2D eigenvalue weighted by atomic mass is 32.2. The Morgan fingerprint density at radius 1 is 0.786 bits per heavy atom. The predicted octanol–water partition coefficient (Wildman–Crippen LogP) is 3.18. The normalized spacial score (nSPS) is 14.4. The first-order valence-corrected chi connectivity index (χ1v) is 17.1. The van der Waals surface area contributed by atoms with Crippen LogP contribution in [0, 0.1) is 11.8 Å². The van der Waals surface area contributed by atoms with Crippen LogP contribution in [0.25, 0.3) is 0 Å². The van der Waals surface area contributed by atoms with E-state index in [2.05, 4.69) is 10.0 Å². The Kier molecular flexibility index (Phi) is 12.3. The van der Waals surface area contributed by atoms with E-state index >= 15 is 0 Å². The molecular weight excluding hydrogens is 574 g/mol. The molecule has 0 aliphatic heterocycles. The summed E-state index contributed by atoms with van der Waals surface area (Å²) in [4.78, 5) is 13.3. The first-order valence-electron chi connectivity index (χ1n) is 14.0. The van der Waals surface area contributed by atoms with Gasteiger partial charge in [-0.2, -0.15) is 4.31 Å². The van der Waals surface area contributed by atoms with E-state index in [4.69, 9.17) is 0 Å². The Balaban J connectivity index is 1.76. The SMILES string of the molecule is CC(C)CN(C[C@@H](O)[C@H](Cc1ccccc1)NC(=O)[C@@H](C)CS(=O)(=O)NCc1ccccc1)S(=O)(=O)c1ccccc1. The van der Waals surface area contributed by atoms with E-state index in [-0.39, 0.29) is 36.9 Å². The first kappa shape index (κ1) is 33.4. The van der Waals surface area contributed by atoms with E-state index < -0.39 is 49.8 Å². The second-order valence-corrected chi connectivity index (χ2v) is 14.7. The summed E-state index contributed by atoms with van der Waals surface area (Å²) in [6, 6.07) is 25.4. The van der Waals surface area contributed by atoms with Gasteiger partial charge in [0.1, 0.15) is 0 Å². The fourth-order valence-electron chi connectivity index (χ4n) is 4.48. The van der Waals surface area contributed by atoms with Gasteiger partial charge in [0.15, 0.2) is 0 Å². The molecule has 11 heteroatoms. The van der Waals surface area contributed by atoms with Crippen molar-refractivity contribution in [1.29, 1.82) is 0 Å². The Morgan fingerprint density at radius 3 is 1.86 bits per heavy atom. The van der Waals surface area contributed by atoms with Crippen LogP contribution in [-0.4, -0.2) is 63.1 Å². The highest BCUT2D eigenvalue weighted by Crippen LogP contribution is 2.19. The molecule has 9 nitrogen and oxygen atoms in total. The molecule has 0 aliphatic carbocycles. The Hall–Kier alpha value is -3.09. The highest BCUT2D eigenvalue weighted by molar-refractivity contribution is 7.89. The van der Waals surface area contributed by atoms with Crippen LogP contribution in [0.1, 0.15) is 31.9 Å². The van der Waals surface area contributed by atoms with Gasteiger partial charge in [0, 0.05) is 19.6 Å². The highest BCUT2D eigenvalue weighted by Gasteiger charge is 2.32. The molecule has 0 aliphatic rings. The van der Waals surface area contributed by atoms with Crippen LogP contribution < -0.4 is 10.0 Å². The van der Waals surface area contributed by atoms with Crippen molar-refractivity contribution in [3.63, 3.8) is 0 Å². The number of carbonyl (C=O) groups is 1. The summed E-state index contributed by atoms with van der Waals surface area (Å²) in [6.45, 7) is 5.30. The largest absolute Gasteiger partial charge is 0.390 e. The molecule has 3 aromatic rings. The summed E-state index contributed by atoms with van der Waals surface area (Å²) < 4.78 is 56.2. The molecular formula is C31H41N3O6S2. The zero-order chi connectivity index (χ0) is 30.8. The molecule has 0 unspecified atom stereocenters. The number of nitrogens with one attached hydrogen (secondary N) is 2. The number of benzene rings is 3. The van der Waals surface area contributed by atoms with Crippen molar-refractivity contribution in [2.24, 2.45) is 11.8 Å². The average molecular weight is 616 g/mol. The second-order valence-electron chi connectivity index (χ2n) is 10.9. The molecule has 0 spiro atoms. The lowest BCUT2D eigenvalue weighted by molar-refractivity contribution is -0.125. The lowest BCUT2D eigenvalue weighted by Crippen LogP contribution is -2.52. The van der Waals surface area contributed by atoms with Gasteiger partial charge in [0.2, 0.25) is 26.0 Å². The van der Waals surface area contributed by atoms with Gasteiger partial charge in [0.05, 0.1) is 28.7 Å². The summed E-state index contributed by atoms with van der Waals surface area (Å²) in [5.74, 6) is -1.95. The number of rotatable bonds is 16. The molecule has 42 heavy (non-hydrogen) atoms. The zero-order valence-corrected chi connectivity index (χ0v) is 25.9. The maximum absolute atomic E-state index is 13.5. The number of aliphatic hydroxyl groups excluding tert-OH is 1. The third-order valence-electron chi connectivity index (χ3n) is 6.69. The number of hydrogen-bond acceptors (Lipinski definition) is 6. The van der Waals surface area contributed by atoms with Crippen LogP contribution in [0.2, 0.25) is 0 Å². The van der Waals surface area contributed by atoms with Crippen LogP contribution >= 0.6 is 0 Å². The molecule has 3 N–H and O–H groups in total. The van der Waals surface area contributed by atoms with Gasteiger partial charge in [0.25, 0.3) is 0 Å². The van der Waals surface area contributed by atoms with Crippen LogP contribution in [-0.2, 0) is 37.8 Å². The molecule has 0 aromatic heterocycles. The summed E-state index contributed by atoms with van der Waals surface area (Å²) >= 11 is 0. The van der Waals surface area contributed by atoms with Gasteiger partial charge < -0.3 is 10.4 Å². The second kappa shape index (κ2) is 15.4. The number of sulfonamides is 2. The van der Waals surface area contributed by atoms with Gasteiger partial charge in [-0.15, -0.1) is 0 Å². The van der Waals surface area contributed by atoms with Crippen molar-refractivity contribution in [3.05, 3.63) is 102 Å². The maximum atomic E-state index is 13.5.